The molecular weight excluding hydrogens is 150 g/mol. The van der Waals surface area contributed by atoms with Gasteiger partial charge >= 0.3 is 37.7 Å². The topological polar surface area (TPSA) is 80.3 Å². The largest absolute Gasteiger partial charge is 1.00 e. The molecule has 0 aromatic rings. The monoisotopic (exact) mass is 154 g/mol. The first kappa shape index (κ1) is 17.6. The smallest absolute Gasteiger partial charge is 0.545 e. The molecule has 0 aliphatic rings. The summed E-state index contributed by atoms with van der Waals surface area (Å²) in [5.74, 6) is -2.74. The minimum atomic E-state index is -1.37. The minimum Gasteiger partial charge on any atom is -0.545 e. The Morgan fingerprint density at radius 3 is 1.25 bits per heavy atom. The Kier molecular flexibility index (Phi) is 15.6. The van der Waals surface area contributed by atoms with E-state index in [-0.39, 0.29) is 37.7 Å². The van der Waals surface area contributed by atoms with Gasteiger partial charge in [0.1, 0.15) is 0 Å². The average Bonchev–Trinajstić information content (AvgIpc) is 1.79. The number of aliphatic carboxylic acids is 2. The summed E-state index contributed by atoms with van der Waals surface area (Å²) in [4.78, 5) is 19.3. The van der Waals surface area contributed by atoms with Crippen molar-refractivity contribution in [3.63, 3.8) is 0 Å². The van der Waals surface area contributed by atoms with Gasteiger partial charge in [0.2, 0.25) is 0 Å². The Morgan fingerprint density at radius 1 is 0.833 bits per heavy atom. The van der Waals surface area contributed by atoms with Crippen LogP contribution in [0.25, 0.3) is 0 Å². The molecule has 0 heterocycles. The molecule has 0 amide bonds. The Morgan fingerprint density at radius 2 is 1.08 bits per heavy atom. The number of hydrogen-bond donors (Lipinski definition) is 0. The van der Waals surface area contributed by atoms with E-state index in [1.54, 1.807) is 0 Å². The van der Waals surface area contributed by atoms with Crippen LogP contribution in [-0.4, -0.2) is 11.9 Å². The molecule has 0 bridgehead atoms. The number of rotatable bonds is 3. The van der Waals surface area contributed by atoms with Crippen molar-refractivity contribution in [2.45, 2.75) is 0 Å². The summed E-state index contributed by atoms with van der Waals surface area (Å²) >= 11 is 0. The third-order valence-corrected chi connectivity index (χ3v) is 0.576. The van der Waals surface area contributed by atoms with Gasteiger partial charge < -0.3 is 19.8 Å². The van der Waals surface area contributed by atoms with Gasteiger partial charge in [-0.3, -0.25) is 0 Å². The summed E-state index contributed by atoms with van der Waals surface area (Å²) in [5, 5.41) is 19.3. The molecule has 0 aromatic heterocycles. The molecular formula is C6H4Li2O4. The van der Waals surface area contributed by atoms with Crippen LogP contribution in [0.15, 0.2) is 24.3 Å². The Balaban J connectivity index is -0.000000405. The predicted molar refractivity (Wildman–Crippen MR) is 28.3 cm³/mol. The van der Waals surface area contributed by atoms with Crippen LogP contribution >= 0.6 is 0 Å². The van der Waals surface area contributed by atoms with Crippen molar-refractivity contribution in [3.05, 3.63) is 24.3 Å². The standard InChI is InChI=1S/C6H6O4.2Li/c7-5(8)3-1-2-4-6(9)10;;/h1-4H,(H,7,8)(H,9,10);;/q;2*+1/p-2. The number of allylic oxidation sites excluding steroid dienone is 2. The first-order valence-electron chi connectivity index (χ1n) is 2.39. The Labute approximate surface area is 93.7 Å². The minimum absolute atomic E-state index is 0. The predicted octanol–water partition coefficient (Wildman–Crippen LogP) is -8.39. The Bertz CT molecular complexity index is 176. The van der Waals surface area contributed by atoms with Crippen LogP contribution in [-0.2, 0) is 9.59 Å². The normalized spacial score (nSPS) is 9.00. The second-order valence-corrected chi connectivity index (χ2v) is 1.36. The van der Waals surface area contributed by atoms with Crippen LogP contribution in [0, 0.1) is 0 Å². The third-order valence-electron chi connectivity index (χ3n) is 0.576. The molecule has 0 aliphatic carbocycles. The molecule has 0 spiro atoms. The van der Waals surface area contributed by atoms with E-state index in [1.807, 2.05) is 0 Å². The molecule has 4 nitrogen and oxygen atoms in total. The number of hydrogen-bond acceptors (Lipinski definition) is 4. The van der Waals surface area contributed by atoms with Gasteiger partial charge in [-0.05, 0) is 12.2 Å². The number of carbonyl (C=O) groups excluding carboxylic acids is 2. The second-order valence-electron chi connectivity index (χ2n) is 1.36. The molecule has 0 N–H and O–H groups in total. The maximum Gasteiger partial charge on any atom is 1.00 e. The fourth-order valence-corrected chi connectivity index (χ4v) is 0.268. The molecule has 0 aromatic carbocycles. The van der Waals surface area contributed by atoms with E-state index in [4.69, 9.17) is 0 Å². The molecule has 0 unspecified atom stereocenters. The molecule has 0 aliphatic heterocycles. The number of carbonyl (C=O) groups is 2. The van der Waals surface area contributed by atoms with Crippen molar-refractivity contribution in [1.82, 2.24) is 0 Å². The van der Waals surface area contributed by atoms with Gasteiger partial charge in [0, 0.05) is 0 Å². The van der Waals surface area contributed by atoms with E-state index in [9.17, 15) is 19.8 Å². The van der Waals surface area contributed by atoms with Crippen molar-refractivity contribution in [2.75, 3.05) is 0 Å². The maximum absolute atomic E-state index is 9.65. The molecule has 0 atom stereocenters. The van der Waals surface area contributed by atoms with E-state index in [2.05, 4.69) is 0 Å². The maximum atomic E-state index is 9.65. The molecule has 0 saturated heterocycles. The van der Waals surface area contributed by atoms with E-state index in [1.165, 1.54) is 0 Å². The van der Waals surface area contributed by atoms with Crippen LogP contribution in [0.1, 0.15) is 0 Å². The number of carboxylic acids is 2. The average molecular weight is 154 g/mol. The molecule has 6 heteroatoms. The zero-order valence-corrected chi connectivity index (χ0v) is 6.94. The summed E-state index contributed by atoms with van der Waals surface area (Å²) < 4.78 is 0. The van der Waals surface area contributed by atoms with Crippen LogP contribution in [0.2, 0.25) is 0 Å². The van der Waals surface area contributed by atoms with E-state index in [0.29, 0.717) is 12.2 Å². The quantitative estimate of drug-likeness (QED) is 0.229. The van der Waals surface area contributed by atoms with Crippen LogP contribution in [0.4, 0.5) is 0 Å². The summed E-state index contributed by atoms with van der Waals surface area (Å²) in [6.07, 6.45) is 3.48. The summed E-state index contributed by atoms with van der Waals surface area (Å²) in [7, 11) is 0. The van der Waals surface area contributed by atoms with E-state index >= 15 is 0 Å². The second kappa shape index (κ2) is 10.6. The molecule has 12 heavy (non-hydrogen) atoms. The van der Waals surface area contributed by atoms with Gasteiger partial charge in [0.05, 0.1) is 11.9 Å². The zero-order chi connectivity index (χ0) is 7.98. The van der Waals surface area contributed by atoms with Crippen molar-refractivity contribution in [2.24, 2.45) is 0 Å². The zero-order valence-electron chi connectivity index (χ0n) is 6.94. The van der Waals surface area contributed by atoms with Gasteiger partial charge in [-0.1, -0.05) is 12.2 Å². The van der Waals surface area contributed by atoms with Crippen LogP contribution in [0.3, 0.4) is 0 Å². The first-order chi connectivity index (χ1) is 4.63. The van der Waals surface area contributed by atoms with Crippen LogP contribution in [0.5, 0.6) is 0 Å². The summed E-state index contributed by atoms with van der Waals surface area (Å²) in [6.45, 7) is 0. The summed E-state index contributed by atoms with van der Waals surface area (Å²) in [6, 6.07) is 0. The van der Waals surface area contributed by atoms with Gasteiger partial charge in [0.25, 0.3) is 0 Å². The summed E-state index contributed by atoms with van der Waals surface area (Å²) in [5.41, 5.74) is 0. The molecule has 0 rings (SSSR count). The van der Waals surface area contributed by atoms with E-state index in [0.717, 1.165) is 12.2 Å². The van der Waals surface area contributed by atoms with Crippen molar-refractivity contribution < 1.29 is 57.5 Å². The van der Waals surface area contributed by atoms with Crippen molar-refractivity contribution in [3.8, 4) is 0 Å². The van der Waals surface area contributed by atoms with Gasteiger partial charge in [-0.15, -0.1) is 0 Å². The van der Waals surface area contributed by atoms with Crippen molar-refractivity contribution >= 4 is 11.9 Å². The van der Waals surface area contributed by atoms with Gasteiger partial charge in [-0.25, -0.2) is 0 Å². The fraction of sp³-hybridized carbons (Fsp3) is 0. The van der Waals surface area contributed by atoms with Crippen molar-refractivity contribution in [1.29, 1.82) is 0 Å². The van der Waals surface area contributed by atoms with Gasteiger partial charge in [0.15, 0.2) is 0 Å². The molecule has 0 fully saturated rings. The SMILES string of the molecule is O=C([O-])C=CC=CC(=O)[O-].[Li+].[Li+]. The van der Waals surface area contributed by atoms with Gasteiger partial charge in [-0.2, -0.15) is 0 Å². The fourth-order valence-electron chi connectivity index (χ4n) is 0.268. The number of carboxylic acid groups (broad SMARTS) is 2. The third kappa shape index (κ3) is 16.3. The van der Waals surface area contributed by atoms with Crippen LogP contribution < -0.4 is 47.9 Å². The first-order valence-corrected chi connectivity index (χ1v) is 2.39. The Hall–Kier alpha value is -0.385. The van der Waals surface area contributed by atoms with E-state index < -0.39 is 11.9 Å². The molecule has 54 valence electrons. The molecule has 0 radical (unpaired) electrons. The molecule has 0 saturated carbocycles.